The number of ether oxygens (including phenoxy) is 1. The first-order chi connectivity index (χ1) is 8.97. The quantitative estimate of drug-likeness (QED) is 0.189. The fourth-order valence-electron chi connectivity index (χ4n) is 1.60. The highest BCUT2D eigenvalue weighted by Gasteiger charge is 2.14. The van der Waals surface area contributed by atoms with Crippen LogP contribution in [0.3, 0.4) is 0 Å². The summed E-state index contributed by atoms with van der Waals surface area (Å²) < 4.78 is 5.21. The van der Waals surface area contributed by atoms with Crippen molar-refractivity contribution in [3.05, 3.63) is 12.2 Å². The lowest BCUT2D eigenvalue weighted by Crippen LogP contribution is -2.20. The summed E-state index contributed by atoms with van der Waals surface area (Å²) in [4.78, 5) is 21.5. The Morgan fingerprint density at radius 3 is 2.47 bits per heavy atom. The molecule has 112 valence electrons. The van der Waals surface area contributed by atoms with Gasteiger partial charge in [0, 0.05) is 5.57 Å². The highest BCUT2D eigenvalue weighted by Crippen LogP contribution is 2.11. The molecule has 2 atom stereocenters. The lowest BCUT2D eigenvalue weighted by molar-refractivity contribution is -0.301. The van der Waals surface area contributed by atoms with Gasteiger partial charge in [0.05, 0.1) is 19.3 Å². The van der Waals surface area contributed by atoms with Gasteiger partial charge in [-0.1, -0.05) is 33.3 Å². The van der Waals surface area contributed by atoms with Gasteiger partial charge in [-0.3, -0.25) is 0 Å². The molecule has 0 saturated heterocycles. The largest absolute Gasteiger partial charge is 0.459 e. The van der Waals surface area contributed by atoms with Crippen LogP contribution < -0.4 is 0 Å². The maximum Gasteiger partial charge on any atom is 0.333 e. The monoisotopic (exact) mass is 272 g/mol. The molecule has 0 aromatic rings. The van der Waals surface area contributed by atoms with Crippen molar-refractivity contribution in [1.29, 1.82) is 0 Å². The summed E-state index contributed by atoms with van der Waals surface area (Å²) in [5.41, 5.74) is 0.426. The van der Waals surface area contributed by atoms with E-state index in [1.165, 1.54) is 6.42 Å². The first-order valence-electron chi connectivity index (χ1n) is 7.08. The van der Waals surface area contributed by atoms with Crippen molar-refractivity contribution in [2.75, 3.05) is 13.2 Å². The number of hydrogen-bond donors (Lipinski definition) is 0. The molecule has 0 spiro atoms. The summed E-state index contributed by atoms with van der Waals surface area (Å²) in [5, 5.41) is 0. The normalized spacial score (nSPS) is 13.9. The Kier molecular flexibility index (Phi) is 10.5. The Morgan fingerprint density at radius 1 is 1.21 bits per heavy atom. The minimum absolute atomic E-state index is 0.136. The molecular weight excluding hydrogens is 244 g/mol. The third-order valence-corrected chi connectivity index (χ3v) is 2.66. The average molecular weight is 272 g/mol. The number of carbonyl (C=O) groups excluding carboxylic acids is 1. The Hall–Kier alpha value is -0.870. The van der Waals surface area contributed by atoms with Gasteiger partial charge in [-0.15, -0.1) is 0 Å². The second kappa shape index (κ2) is 11.0. The van der Waals surface area contributed by atoms with Gasteiger partial charge in [0.15, 0.2) is 0 Å². The zero-order valence-corrected chi connectivity index (χ0v) is 12.7. The van der Waals surface area contributed by atoms with Gasteiger partial charge in [0.25, 0.3) is 0 Å². The van der Waals surface area contributed by atoms with Crippen molar-refractivity contribution >= 4 is 5.97 Å². The molecule has 0 bridgehead atoms. The number of hydrogen-bond acceptors (Lipinski definition) is 4. The van der Waals surface area contributed by atoms with Gasteiger partial charge in [0.1, 0.15) is 0 Å². The van der Waals surface area contributed by atoms with Crippen LogP contribution >= 0.6 is 0 Å². The molecule has 0 aliphatic carbocycles. The van der Waals surface area contributed by atoms with E-state index < -0.39 is 0 Å². The summed E-state index contributed by atoms with van der Waals surface area (Å²) >= 11 is 0. The highest BCUT2D eigenvalue weighted by molar-refractivity contribution is 5.87. The molecule has 0 rings (SSSR count). The van der Waals surface area contributed by atoms with Crippen molar-refractivity contribution in [2.24, 2.45) is 5.92 Å². The second-order valence-corrected chi connectivity index (χ2v) is 5.15. The molecule has 4 heteroatoms. The zero-order valence-electron chi connectivity index (χ0n) is 12.7. The number of rotatable bonds is 11. The topological polar surface area (TPSA) is 44.8 Å². The van der Waals surface area contributed by atoms with E-state index >= 15 is 0 Å². The fourth-order valence-corrected chi connectivity index (χ4v) is 1.60. The van der Waals surface area contributed by atoms with Crippen LogP contribution in [0, 0.1) is 5.92 Å². The Balaban J connectivity index is 3.59. The summed E-state index contributed by atoms with van der Waals surface area (Å²) in [6.45, 7) is 12.4. The predicted molar refractivity (Wildman–Crippen MR) is 75.6 cm³/mol. The number of unbranched alkanes of at least 4 members (excludes halogenated alkanes) is 2. The van der Waals surface area contributed by atoms with Gasteiger partial charge >= 0.3 is 5.97 Å². The summed E-state index contributed by atoms with van der Waals surface area (Å²) in [5.74, 6) is -0.0597. The van der Waals surface area contributed by atoms with E-state index in [0.29, 0.717) is 18.8 Å². The van der Waals surface area contributed by atoms with Crippen LogP contribution in [-0.2, 0) is 19.3 Å². The molecule has 0 fully saturated rings. The minimum atomic E-state index is -0.337. The Labute approximate surface area is 117 Å². The van der Waals surface area contributed by atoms with Gasteiger partial charge in [-0.2, -0.15) is 0 Å². The van der Waals surface area contributed by atoms with Crippen LogP contribution in [0.25, 0.3) is 0 Å². The molecule has 0 N–H and O–H groups in total. The van der Waals surface area contributed by atoms with E-state index in [1.807, 2.05) is 13.8 Å². The Bertz CT molecular complexity index is 263. The summed E-state index contributed by atoms with van der Waals surface area (Å²) in [6, 6.07) is 0. The van der Waals surface area contributed by atoms with Crippen LogP contribution in [0.5, 0.6) is 0 Å². The van der Waals surface area contributed by atoms with Crippen molar-refractivity contribution in [3.63, 3.8) is 0 Å². The summed E-state index contributed by atoms with van der Waals surface area (Å²) in [7, 11) is 0. The van der Waals surface area contributed by atoms with E-state index in [0.717, 1.165) is 19.3 Å². The van der Waals surface area contributed by atoms with E-state index in [9.17, 15) is 4.79 Å². The molecule has 0 radical (unpaired) electrons. The highest BCUT2D eigenvalue weighted by atomic mass is 17.2. The summed E-state index contributed by atoms with van der Waals surface area (Å²) in [6.07, 6.45) is 3.97. The Morgan fingerprint density at radius 2 is 1.89 bits per heavy atom. The van der Waals surface area contributed by atoms with Crippen LogP contribution in [0.2, 0.25) is 0 Å². The lowest BCUT2D eigenvalue weighted by atomic mass is 10.1. The van der Waals surface area contributed by atoms with E-state index in [-0.39, 0.29) is 18.0 Å². The molecule has 4 nitrogen and oxygen atoms in total. The third-order valence-electron chi connectivity index (χ3n) is 2.66. The molecule has 0 aliphatic rings. The van der Waals surface area contributed by atoms with E-state index in [4.69, 9.17) is 14.5 Å². The molecule has 0 aromatic heterocycles. The molecule has 0 aromatic carbocycles. The third kappa shape index (κ3) is 10.7. The molecular formula is C15H28O4. The van der Waals surface area contributed by atoms with Crippen molar-refractivity contribution in [3.8, 4) is 0 Å². The van der Waals surface area contributed by atoms with Gasteiger partial charge in [-0.25, -0.2) is 14.6 Å². The molecule has 0 aliphatic heterocycles. The molecule has 0 heterocycles. The van der Waals surface area contributed by atoms with E-state index in [1.54, 1.807) is 6.92 Å². The number of carbonyl (C=O) groups is 1. The van der Waals surface area contributed by atoms with Gasteiger partial charge < -0.3 is 4.74 Å². The SMILES string of the molecule is C=C(C)C(=O)OC(C)CC(C)COOCCCCC. The van der Waals surface area contributed by atoms with Crippen LogP contribution in [-0.4, -0.2) is 25.3 Å². The molecule has 19 heavy (non-hydrogen) atoms. The second-order valence-electron chi connectivity index (χ2n) is 5.15. The van der Waals surface area contributed by atoms with Crippen LogP contribution in [0.4, 0.5) is 0 Å². The maximum absolute atomic E-state index is 11.3. The molecule has 0 amide bonds. The van der Waals surface area contributed by atoms with Crippen LogP contribution in [0.15, 0.2) is 12.2 Å². The lowest BCUT2D eigenvalue weighted by Gasteiger charge is -2.17. The van der Waals surface area contributed by atoms with Crippen molar-refractivity contribution < 1.29 is 19.3 Å². The van der Waals surface area contributed by atoms with Crippen LogP contribution in [0.1, 0.15) is 53.4 Å². The van der Waals surface area contributed by atoms with Gasteiger partial charge in [-0.05, 0) is 32.6 Å². The van der Waals surface area contributed by atoms with Crippen molar-refractivity contribution in [1.82, 2.24) is 0 Å². The number of esters is 1. The molecule has 2 unspecified atom stereocenters. The smallest absolute Gasteiger partial charge is 0.333 e. The average Bonchev–Trinajstić information content (AvgIpc) is 2.33. The minimum Gasteiger partial charge on any atom is -0.459 e. The van der Waals surface area contributed by atoms with Crippen molar-refractivity contribution in [2.45, 2.75) is 59.5 Å². The fraction of sp³-hybridized carbons (Fsp3) is 0.800. The zero-order chi connectivity index (χ0) is 14.7. The van der Waals surface area contributed by atoms with Gasteiger partial charge in [0.2, 0.25) is 0 Å². The van der Waals surface area contributed by atoms with E-state index in [2.05, 4.69) is 13.5 Å². The first-order valence-corrected chi connectivity index (χ1v) is 7.08. The standard InChI is InChI=1S/C15H28O4/c1-6-7-8-9-17-18-11-13(4)10-14(5)19-15(16)12(2)3/h13-14H,2,6-11H2,1,3-5H3. The molecule has 0 saturated carbocycles. The maximum atomic E-state index is 11.3. The first kappa shape index (κ1) is 18.1. The predicted octanol–water partition coefficient (Wildman–Crippen LogP) is 3.66.